The molecule has 2 aromatic heterocycles. The zero-order valence-corrected chi connectivity index (χ0v) is 15.7. The van der Waals surface area contributed by atoms with Gasteiger partial charge in [0.25, 0.3) is 0 Å². The van der Waals surface area contributed by atoms with Gasteiger partial charge in [0.2, 0.25) is 0 Å². The molecular weight excluding hydrogens is 354 g/mol. The number of anilines is 1. The van der Waals surface area contributed by atoms with E-state index < -0.39 is 0 Å². The van der Waals surface area contributed by atoms with Gasteiger partial charge in [0.05, 0.1) is 17.7 Å². The molecule has 0 bridgehead atoms. The normalized spacial score (nSPS) is 11.0. The van der Waals surface area contributed by atoms with Gasteiger partial charge in [-0.1, -0.05) is 30.3 Å². The van der Waals surface area contributed by atoms with Crippen LogP contribution >= 0.6 is 23.1 Å². The summed E-state index contributed by atoms with van der Waals surface area (Å²) < 4.78 is 5.10. The molecule has 0 amide bonds. The number of rotatable bonds is 6. The monoisotopic (exact) mass is 373 g/mol. The highest BCUT2D eigenvalue weighted by Crippen LogP contribution is 2.33. The maximum Gasteiger partial charge on any atom is 0.348 e. The molecule has 0 fully saturated rings. The second-order valence-corrected chi connectivity index (χ2v) is 7.44. The van der Waals surface area contributed by atoms with Crippen LogP contribution in [0.4, 0.5) is 5.82 Å². The fourth-order valence-electron chi connectivity index (χ4n) is 2.51. The smallest absolute Gasteiger partial charge is 0.348 e. The Morgan fingerprint density at radius 3 is 2.72 bits per heavy atom. The Hall–Kier alpha value is -2.12. The molecule has 3 rings (SSSR count). The Balaban J connectivity index is 1.80. The van der Waals surface area contributed by atoms with Gasteiger partial charge in [-0.2, -0.15) is 0 Å². The molecule has 25 heavy (non-hydrogen) atoms. The van der Waals surface area contributed by atoms with Crippen molar-refractivity contribution < 1.29 is 9.53 Å². The molecule has 7 heteroatoms. The average molecular weight is 374 g/mol. The fourth-order valence-corrected chi connectivity index (χ4v) is 4.45. The van der Waals surface area contributed by atoms with Crippen LogP contribution in [0.5, 0.6) is 0 Å². The van der Waals surface area contributed by atoms with Crippen LogP contribution in [-0.4, -0.2) is 22.5 Å². The Morgan fingerprint density at radius 1 is 1.24 bits per heavy atom. The molecule has 0 aliphatic heterocycles. The summed E-state index contributed by atoms with van der Waals surface area (Å²) in [5.74, 6) is 2.33. The zero-order valence-electron chi connectivity index (χ0n) is 14.1. The van der Waals surface area contributed by atoms with E-state index in [1.165, 1.54) is 16.9 Å². The first-order chi connectivity index (χ1) is 12.1. The number of nitrogen functional groups attached to an aromatic ring is 1. The summed E-state index contributed by atoms with van der Waals surface area (Å²) in [4.78, 5) is 22.3. The molecule has 5 nitrogen and oxygen atoms in total. The summed E-state index contributed by atoms with van der Waals surface area (Å²) in [6.07, 6.45) is 0. The van der Waals surface area contributed by atoms with Crippen LogP contribution in [-0.2, 0) is 16.2 Å². The predicted molar refractivity (Wildman–Crippen MR) is 104 cm³/mol. The van der Waals surface area contributed by atoms with E-state index in [1.54, 1.807) is 18.7 Å². The van der Waals surface area contributed by atoms with Crippen molar-refractivity contribution >= 4 is 45.1 Å². The first-order valence-electron chi connectivity index (χ1n) is 7.94. The van der Waals surface area contributed by atoms with Crippen molar-refractivity contribution in [2.45, 2.75) is 25.4 Å². The zero-order chi connectivity index (χ0) is 17.8. The number of nitrogens with zero attached hydrogens (tertiary/aromatic N) is 2. The number of ether oxygens (including phenoxy) is 1. The standard InChI is InChI=1S/C18H19N3O2S2/c1-3-23-18(22)15-11(2)14-16(19)20-13(21-17(14)25-15)10-24-9-12-7-5-4-6-8-12/h4-8H,3,9-10H2,1-2H3,(H2,19,20,21). The molecule has 0 saturated carbocycles. The SMILES string of the molecule is CCOC(=O)c1sc2nc(CSCc3ccccc3)nc(N)c2c1C. The van der Waals surface area contributed by atoms with Crippen molar-refractivity contribution in [3.63, 3.8) is 0 Å². The summed E-state index contributed by atoms with van der Waals surface area (Å²) in [6, 6.07) is 10.3. The lowest BCUT2D eigenvalue weighted by atomic mass is 10.2. The molecule has 0 spiro atoms. The number of carbonyl (C=O) groups is 1. The van der Waals surface area contributed by atoms with E-state index >= 15 is 0 Å². The van der Waals surface area contributed by atoms with Gasteiger partial charge in [-0.05, 0) is 25.0 Å². The third-order valence-electron chi connectivity index (χ3n) is 3.67. The number of benzene rings is 1. The fraction of sp³-hybridized carbons (Fsp3) is 0.278. The van der Waals surface area contributed by atoms with Gasteiger partial charge in [-0.3, -0.25) is 0 Å². The van der Waals surface area contributed by atoms with Gasteiger partial charge in [-0.15, -0.1) is 23.1 Å². The number of esters is 1. The van der Waals surface area contributed by atoms with E-state index in [0.29, 0.717) is 28.9 Å². The molecule has 0 radical (unpaired) electrons. The second kappa shape index (κ2) is 7.84. The average Bonchev–Trinajstić information content (AvgIpc) is 2.93. The number of aryl methyl sites for hydroxylation is 1. The molecule has 130 valence electrons. The van der Waals surface area contributed by atoms with Gasteiger partial charge in [0, 0.05) is 5.75 Å². The van der Waals surface area contributed by atoms with Crippen LogP contribution in [0.3, 0.4) is 0 Å². The number of aromatic nitrogens is 2. The van der Waals surface area contributed by atoms with E-state index in [9.17, 15) is 4.79 Å². The van der Waals surface area contributed by atoms with E-state index in [4.69, 9.17) is 10.5 Å². The van der Waals surface area contributed by atoms with Gasteiger partial charge < -0.3 is 10.5 Å². The third kappa shape index (κ3) is 3.93. The maximum atomic E-state index is 12.1. The van der Waals surface area contributed by atoms with Crippen LogP contribution < -0.4 is 5.73 Å². The van der Waals surface area contributed by atoms with Gasteiger partial charge in [0.15, 0.2) is 0 Å². The lowest BCUT2D eigenvalue weighted by Gasteiger charge is -2.04. The van der Waals surface area contributed by atoms with Gasteiger partial charge in [-0.25, -0.2) is 14.8 Å². The van der Waals surface area contributed by atoms with Gasteiger partial charge >= 0.3 is 5.97 Å². The molecule has 3 aromatic rings. The number of hydrogen-bond donors (Lipinski definition) is 1. The lowest BCUT2D eigenvalue weighted by molar-refractivity contribution is 0.0531. The molecular formula is C18H19N3O2S2. The number of nitrogens with two attached hydrogens (primary N) is 1. The minimum atomic E-state index is -0.331. The highest BCUT2D eigenvalue weighted by Gasteiger charge is 2.20. The minimum Gasteiger partial charge on any atom is -0.462 e. The van der Waals surface area contributed by atoms with E-state index in [0.717, 1.165) is 21.5 Å². The first-order valence-corrected chi connectivity index (χ1v) is 9.91. The Kier molecular flexibility index (Phi) is 5.55. The summed E-state index contributed by atoms with van der Waals surface area (Å²) >= 11 is 3.05. The highest BCUT2D eigenvalue weighted by molar-refractivity contribution is 7.97. The highest BCUT2D eigenvalue weighted by atomic mass is 32.2. The molecule has 0 atom stereocenters. The summed E-state index contributed by atoms with van der Waals surface area (Å²) in [6.45, 7) is 3.99. The number of thioether (sulfide) groups is 1. The van der Waals surface area contributed by atoms with E-state index in [1.807, 2.05) is 25.1 Å². The second-order valence-electron chi connectivity index (χ2n) is 5.46. The van der Waals surface area contributed by atoms with Crippen LogP contribution in [0.2, 0.25) is 0 Å². The van der Waals surface area contributed by atoms with Crippen molar-refractivity contribution in [1.29, 1.82) is 0 Å². The molecule has 0 aliphatic rings. The summed E-state index contributed by atoms with van der Waals surface area (Å²) in [5.41, 5.74) is 8.18. The van der Waals surface area contributed by atoms with Crippen LogP contribution in [0.15, 0.2) is 30.3 Å². The number of hydrogen-bond acceptors (Lipinski definition) is 7. The minimum absolute atomic E-state index is 0.331. The molecule has 1 aromatic carbocycles. The molecule has 0 unspecified atom stereocenters. The van der Waals surface area contributed by atoms with Crippen LogP contribution in [0.25, 0.3) is 10.2 Å². The van der Waals surface area contributed by atoms with Crippen LogP contribution in [0, 0.1) is 6.92 Å². The van der Waals surface area contributed by atoms with Crippen LogP contribution in [0.1, 0.15) is 33.5 Å². The summed E-state index contributed by atoms with van der Waals surface area (Å²) in [7, 11) is 0. The van der Waals surface area contributed by atoms with Crippen molar-refractivity contribution in [3.05, 3.63) is 52.2 Å². The van der Waals surface area contributed by atoms with Crippen molar-refractivity contribution in [2.75, 3.05) is 12.3 Å². The largest absolute Gasteiger partial charge is 0.462 e. The number of carbonyl (C=O) groups excluding carboxylic acids is 1. The van der Waals surface area contributed by atoms with E-state index in [-0.39, 0.29) is 5.97 Å². The predicted octanol–water partition coefficient (Wildman–Crippen LogP) is 4.19. The Morgan fingerprint density at radius 2 is 2.00 bits per heavy atom. The molecule has 2 N–H and O–H groups in total. The number of fused-ring (bicyclic) bond motifs is 1. The van der Waals surface area contributed by atoms with Gasteiger partial charge in [0.1, 0.15) is 21.3 Å². The summed E-state index contributed by atoms with van der Waals surface area (Å²) in [5, 5.41) is 0.755. The quantitative estimate of drug-likeness (QED) is 0.653. The topological polar surface area (TPSA) is 78.1 Å². The van der Waals surface area contributed by atoms with Crippen molar-refractivity contribution in [1.82, 2.24) is 9.97 Å². The third-order valence-corrected chi connectivity index (χ3v) is 5.83. The maximum absolute atomic E-state index is 12.1. The lowest BCUT2D eigenvalue weighted by Crippen LogP contribution is -2.04. The molecule has 0 aliphatic carbocycles. The first kappa shape index (κ1) is 17.7. The molecule has 0 saturated heterocycles. The van der Waals surface area contributed by atoms with E-state index in [2.05, 4.69) is 22.1 Å². The Bertz CT molecular complexity index is 894. The Labute approximate surface area is 154 Å². The number of thiophene rings is 1. The van der Waals surface area contributed by atoms with Crippen molar-refractivity contribution in [3.8, 4) is 0 Å². The van der Waals surface area contributed by atoms with Crippen molar-refractivity contribution in [2.24, 2.45) is 0 Å². The molecule has 2 heterocycles.